The van der Waals surface area contributed by atoms with E-state index < -0.39 is 5.97 Å². The van der Waals surface area contributed by atoms with Crippen LogP contribution in [0, 0.1) is 0 Å². The Morgan fingerprint density at radius 2 is 1.76 bits per heavy atom. The molecule has 0 aliphatic carbocycles. The van der Waals surface area contributed by atoms with Crippen molar-refractivity contribution in [3.63, 3.8) is 0 Å². The van der Waals surface area contributed by atoms with E-state index in [0.29, 0.717) is 17.6 Å². The van der Waals surface area contributed by atoms with Crippen LogP contribution in [-0.2, 0) is 0 Å². The Morgan fingerprint density at radius 1 is 1.24 bits per heavy atom. The van der Waals surface area contributed by atoms with Crippen LogP contribution in [0.15, 0.2) is 24.3 Å². The van der Waals surface area contributed by atoms with Crippen molar-refractivity contribution in [2.24, 2.45) is 0 Å². The van der Waals surface area contributed by atoms with Gasteiger partial charge in [-0.15, -0.1) is 0 Å². The van der Waals surface area contributed by atoms with Crippen molar-refractivity contribution in [1.82, 2.24) is 5.32 Å². The summed E-state index contributed by atoms with van der Waals surface area (Å²) in [7, 11) is 0. The first-order chi connectivity index (χ1) is 8.06. The molecule has 0 spiro atoms. The highest BCUT2D eigenvalue weighted by Crippen LogP contribution is 2.18. The predicted molar refractivity (Wildman–Crippen MR) is 67.7 cm³/mol. The molecule has 0 saturated carbocycles. The number of carboxylic acids is 1. The van der Waals surface area contributed by atoms with E-state index in [0.717, 1.165) is 18.8 Å². The summed E-state index contributed by atoms with van der Waals surface area (Å²) >= 11 is 0. The molecule has 2 unspecified atom stereocenters. The SMILES string of the molecule is CC1CN(c2ccc(C(=O)O)cc2)CC(C)N1. The lowest BCUT2D eigenvalue weighted by atomic mass is 10.1. The van der Waals surface area contributed by atoms with Crippen LogP contribution in [-0.4, -0.2) is 36.2 Å². The second-order valence-corrected chi connectivity index (χ2v) is 4.73. The summed E-state index contributed by atoms with van der Waals surface area (Å²) in [6, 6.07) is 8.00. The van der Waals surface area contributed by atoms with Crippen molar-refractivity contribution in [2.45, 2.75) is 25.9 Å². The Bertz CT molecular complexity index is 392. The van der Waals surface area contributed by atoms with Crippen molar-refractivity contribution in [3.8, 4) is 0 Å². The van der Waals surface area contributed by atoms with Gasteiger partial charge in [-0.25, -0.2) is 4.79 Å². The molecule has 1 aliphatic rings. The number of rotatable bonds is 2. The van der Waals surface area contributed by atoms with E-state index in [4.69, 9.17) is 5.11 Å². The van der Waals surface area contributed by atoms with E-state index in [9.17, 15) is 4.79 Å². The van der Waals surface area contributed by atoms with Crippen molar-refractivity contribution in [1.29, 1.82) is 0 Å². The van der Waals surface area contributed by atoms with Gasteiger partial charge in [0.15, 0.2) is 0 Å². The van der Waals surface area contributed by atoms with Gasteiger partial charge in [-0.05, 0) is 38.1 Å². The molecule has 1 fully saturated rings. The second kappa shape index (κ2) is 4.75. The molecule has 17 heavy (non-hydrogen) atoms. The van der Waals surface area contributed by atoms with Crippen molar-refractivity contribution in [2.75, 3.05) is 18.0 Å². The van der Waals surface area contributed by atoms with E-state index >= 15 is 0 Å². The molecule has 4 heteroatoms. The molecule has 4 nitrogen and oxygen atoms in total. The van der Waals surface area contributed by atoms with Crippen LogP contribution >= 0.6 is 0 Å². The summed E-state index contributed by atoms with van der Waals surface area (Å²) in [4.78, 5) is 13.1. The maximum Gasteiger partial charge on any atom is 0.335 e. The highest BCUT2D eigenvalue weighted by Gasteiger charge is 2.21. The van der Waals surface area contributed by atoms with Gasteiger partial charge in [-0.2, -0.15) is 0 Å². The minimum atomic E-state index is -0.876. The maximum absolute atomic E-state index is 10.8. The molecule has 1 heterocycles. The Balaban J connectivity index is 2.14. The van der Waals surface area contributed by atoms with Crippen LogP contribution in [0.2, 0.25) is 0 Å². The average Bonchev–Trinajstić information content (AvgIpc) is 2.28. The van der Waals surface area contributed by atoms with Crippen molar-refractivity contribution in [3.05, 3.63) is 29.8 Å². The monoisotopic (exact) mass is 234 g/mol. The Hall–Kier alpha value is -1.55. The standard InChI is InChI=1S/C13H18N2O2/c1-9-7-15(8-10(2)14-9)12-5-3-11(4-6-12)13(16)17/h3-6,9-10,14H,7-8H2,1-2H3,(H,16,17). The molecular formula is C13H18N2O2. The number of anilines is 1. The van der Waals surface area contributed by atoms with E-state index in [1.165, 1.54) is 0 Å². The zero-order valence-corrected chi connectivity index (χ0v) is 10.2. The van der Waals surface area contributed by atoms with Crippen LogP contribution < -0.4 is 10.2 Å². The minimum Gasteiger partial charge on any atom is -0.478 e. The Labute approximate surface area is 101 Å². The molecule has 2 N–H and O–H groups in total. The van der Waals surface area contributed by atoms with E-state index in [2.05, 4.69) is 24.1 Å². The summed E-state index contributed by atoms with van der Waals surface area (Å²) in [5.74, 6) is -0.876. The summed E-state index contributed by atoms with van der Waals surface area (Å²) in [5, 5.41) is 12.3. The molecule has 1 aromatic rings. The minimum absolute atomic E-state index is 0.338. The Morgan fingerprint density at radius 3 is 2.24 bits per heavy atom. The molecule has 0 amide bonds. The number of hydrogen-bond donors (Lipinski definition) is 2. The zero-order chi connectivity index (χ0) is 12.4. The molecule has 1 saturated heterocycles. The van der Waals surface area contributed by atoms with Gasteiger partial charge in [-0.1, -0.05) is 0 Å². The summed E-state index contributed by atoms with van der Waals surface area (Å²) in [6.45, 7) is 6.23. The van der Waals surface area contributed by atoms with Gasteiger partial charge in [0.25, 0.3) is 0 Å². The smallest absolute Gasteiger partial charge is 0.335 e. The number of nitrogens with one attached hydrogen (secondary N) is 1. The van der Waals surface area contributed by atoms with Crippen molar-refractivity contribution >= 4 is 11.7 Å². The van der Waals surface area contributed by atoms with Gasteiger partial charge in [0.05, 0.1) is 5.56 Å². The van der Waals surface area contributed by atoms with Gasteiger partial charge in [0.2, 0.25) is 0 Å². The second-order valence-electron chi connectivity index (χ2n) is 4.73. The fraction of sp³-hybridized carbons (Fsp3) is 0.462. The first-order valence-electron chi connectivity index (χ1n) is 5.90. The van der Waals surface area contributed by atoms with Crippen LogP contribution in [0.3, 0.4) is 0 Å². The first-order valence-corrected chi connectivity index (χ1v) is 5.90. The molecule has 92 valence electrons. The number of aromatic carboxylic acids is 1. The summed E-state index contributed by atoms with van der Waals surface area (Å²) in [6.07, 6.45) is 0. The lowest BCUT2D eigenvalue weighted by molar-refractivity contribution is 0.0697. The van der Waals surface area contributed by atoms with E-state index in [1.807, 2.05) is 12.1 Å². The van der Waals surface area contributed by atoms with Gasteiger partial charge >= 0.3 is 5.97 Å². The highest BCUT2D eigenvalue weighted by molar-refractivity contribution is 5.88. The lowest BCUT2D eigenvalue weighted by Crippen LogP contribution is -2.54. The van der Waals surface area contributed by atoms with Crippen LogP contribution in [0.25, 0.3) is 0 Å². The van der Waals surface area contributed by atoms with Crippen LogP contribution in [0.1, 0.15) is 24.2 Å². The number of benzene rings is 1. The van der Waals surface area contributed by atoms with Crippen molar-refractivity contribution < 1.29 is 9.90 Å². The third kappa shape index (κ3) is 2.77. The molecule has 1 aromatic carbocycles. The number of nitrogens with zero attached hydrogens (tertiary/aromatic N) is 1. The van der Waals surface area contributed by atoms with Crippen LogP contribution in [0.4, 0.5) is 5.69 Å². The fourth-order valence-electron chi connectivity index (χ4n) is 2.35. The maximum atomic E-state index is 10.8. The summed E-state index contributed by atoms with van der Waals surface area (Å²) in [5.41, 5.74) is 1.43. The molecule has 0 bridgehead atoms. The molecule has 0 aromatic heterocycles. The van der Waals surface area contributed by atoms with Crippen LogP contribution in [0.5, 0.6) is 0 Å². The number of carboxylic acid groups (broad SMARTS) is 1. The first kappa shape index (κ1) is 11.9. The average molecular weight is 234 g/mol. The third-order valence-electron chi connectivity index (χ3n) is 3.04. The predicted octanol–water partition coefficient (Wildman–Crippen LogP) is 1.57. The number of hydrogen-bond acceptors (Lipinski definition) is 3. The lowest BCUT2D eigenvalue weighted by Gasteiger charge is -2.37. The Kier molecular flexibility index (Phi) is 3.33. The molecule has 1 aliphatic heterocycles. The molecular weight excluding hydrogens is 216 g/mol. The molecule has 2 atom stereocenters. The van der Waals surface area contributed by atoms with E-state index in [-0.39, 0.29) is 0 Å². The largest absolute Gasteiger partial charge is 0.478 e. The van der Waals surface area contributed by atoms with Gasteiger partial charge in [0.1, 0.15) is 0 Å². The van der Waals surface area contributed by atoms with E-state index in [1.54, 1.807) is 12.1 Å². The fourth-order valence-corrected chi connectivity index (χ4v) is 2.35. The quantitative estimate of drug-likeness (QED) is 0.815. The highest BCUT2D eigenvalue weighted by atomic mass is 16.4. The number of piperazine rings is 1. The molecule has 0 radical (unpaired) electrons. The number of carbonyl (C=O) groups is 1. The zero-order valence-electron chi connectivity index (χ0n) is 10.2. The van der Waals surface area contributed by atoms with Gasteiger partial charge < -0.3 is 15.3 Å². The normalized spacial score (nSPS) is 24.7. The van der Waals surface area contributed by atoms with Gasteiger partial charge in [-0.3, -0.25) is 0 Å². The topological polar surface area (TPSA) is 52.6 Å². The molecule has 2 rings (SSSR count). The van der Waals surface area contributed by atoms with Gasteiger partial charge in [0, 0.05) is 30.9 Å². The third-order valence-corrected chi connectivity index (χ3v) is 3.04. The summed E-state index contributed by atoms with van der Waals surface area (Å²) < 4.78 is 0.